The van der Waals surface area contributed by atoms with Crippen LogP contribution in [0.4, 0.5) is 5.82 Å². The number of hydrogen-bond donors (Lipinski definition) is 1. The van der Waals surface area contributed by atoms with Gasteiger partial charge in [-0.1, -0.05) is 13.3 Å². The van der Waals surface area contributed by atoms with E-state index in [4.69, 9.17) is 4.42 Å². The van der Waals surface area contributed by atoms with Crippen molar-refractivity contribution in [2.75, 3.05) is 5.32 Å². The first-order valence-corrected chi connectivity index (χ1v) is 7.49. The Morgan fingerprint density at radius 2 is 2.26 bits per heavy atom. The lowest BCUT2D eigenvalue weighted by molar-refractivity contribution is -0.116. The maximum atomic E-state index is 11.9. The molecule has 118 valence electrons. The number of carbonyl (C=O) groups is 1. The zero-order valence-electron chi connectivity index (χ0n) is 12.8. The lowest BCUT2D eigenvalue weighted by atomic mass is 10.2. The highest BCUT2D eigenvalue weighted by Crippen LogP contribution is 2.20. The summed E-state index contributed by atoms with van der Waals surface area (Å²) in [4.78, 5) is 20.7. The number of hydrogen-bond acceptors (Lipinski definition) is 5. The average Bonchev–Trinajstić information content (AvgIpc) is 3.25. The summed E-state index contributed by atoms with van der Waals surface area (Å²) in [7, 11) is 0. The van der Waals surface area contributed by atoms with Gasteiger partial charge in [0.1, 0.15) is 5.82 Å². The van der Waals surface area contributed by atoms with E-state index < -0.39 is 0 Å². The van der Waals surface area contributed by atoms with Gasteiger partial charge in [0, 0.05) is 24.9 Å². The minimum atomic E-state index is -0.0673. The molecule has 0 atom stereocenters. The summed E-state index contributed by atoms with van der Waals surface area (Å²) in [5, 5.41) is 6.97. The first-order chi connectivity index (χ1) is 11.3. The second-order valence-electron chi connectivity index (χ2n) is 5.01. The first-order valence-electron chi connectivity index (χ1n) is 7.49. The predicted molar refractivity (Wildman–Crippen MR) is 85.0 cm³/mol. The van der Waals surface area contributed by atoms with Crippen LogP contribution in [0.3, 0.4) is 0 Å². The molecule has 0 aliphatic heterocycles. The molecule has 0 aromatic carbocycles. The molecule has 1 N–H and O–H groups in total. The molecule has 0 bridgehead atoms. The summed E-state index contributed by atoms with van der Waals surface area (Å²) in [5.41, 5.74) is 0. The zero-order chi connectivity index (χ0) is 16.1. The lowest BCUT2D eigenvalue weighted by Crippen LogP contribution is -2.13. The number of nitrogens with one attached hydrogen (secondary N) is 1. The van der Waals surface area contributed by atoms with Crippen molar-refractivity contribution in [1.29, 1.82) is 0 Å². The number of rotatable bonds is 6. The summed E-state index contributed by atoms with van der Waals surface area (Å²) >= 11 is 0. The van der Waals surface area contributed by atoms with E-state index in [0.29, 0.717) is 29.6 Å². The van der Waals surface area contributed by atoms with Crippen molar-refractivity contribution in [2.24, 2.45) is 0 Å². The van der Waals surface area contributed by atoms with Gasteiger partial charge in [-0.05, 0) is 24.6 Å². The Morgan fingerprint density at radius 3 is 2.96 bits per heavy atom. The number of unbranched alkanes of at least 4 members (excludes halogenated alkanes) is 1. The van der Waals surface area contributed by atoms with E-state index in [0.717, 1.165) is 12.8 Å². The minimum Gasteiger partial charge on any atom is -0.461 e. The molecule has 0 spiro atoms. The van der Waals surface area contributed by atoms with Gasteiger partial charge in [-0.3, -0.25) is 4.79 Å². The van der Waals surface area contributed by atoms with Crippen molar-refractivity contribution in [2.45, 2.75) is 26.2 Å². The lowest BCUT2D eigenvalue weighted by Gasteiger charge is -2.08. The van der Waals surface area contributed by atoms with Crippen LogP contribution in [0.15, 0.2) is 47.3 Å². The van der Waals surface area contributed by atoms with Gasteiger partial charge < -0.3 is 9.73 Å². The van der Waals surface area contributed by atoms with Crippen LogP contribution in [0, 0.1) is 0 Å². The van der Waals surface area contributed by atoms with Gasteiger partial charge in [-0.15, -0.1) is 0 Å². The highest BCUT2D eigenvalue weighted by molar-refractivity contribution is 5.90. The maximum Gasteiger partial charge on any atom is 0.225 e. The number of nitrogens with zero attached hydrogens (tertiary/aromatic N) is 4. The van der Waals surface area contributed by atoms with Crippen LogP contribution in [-0.2, 0) is 4.79 Å². The summed E-state index contributed by atoms with van der Waals surface area (Å²) < 4.78 is 6.96. The molecule has 3 rings (SSSR count). The Kier molecular flexibility index (Phi) is 4.46. The fraction of sp³-hybridized carbons (Fsp3) is 0.250. The molecule has 0 saturated heterocycles. The van der Waals surface area contributed by atoms with Crippen molar-refractivity contribution in [3.05, 3.63) is 42.9 Å². The van der Waals surface area contributed by atoms with E-state index in [-0.39, 0.29) is 5.91 Å². The van der Waals surface area contributed by atoms with E-state index >= 15 is 0 Å². The predicted octanol–water partition coefficient (Wildman–Crippen LogP) is 3.05. The number of carbonyl (C=O) groups excluding carboxylic acids is 1. The van der Waals surface area contributed by atoms with Crippen LogP contribution in [0.5, 0.6) is 0 Å². The minimum absolute atomic E-state index is 0.0673. The monoisotopic (exact) mass is 311 g/mol. The Hall–Kier alpha value is -2.96. The van der Waals surface area contributed by atoms with Crippen molar-refractivity contribution >= 4 is 11.7 Å². The molecule has 3 heterocycles. The number of aromatic nitrogens is 4. The van der Waals surface area contributed by atoms with E-state index in [9.17, 15) is 4.79 Å². The standard InChI is InChI=1S/C16H17N5O2/c1-2-3-7-15(22)18-13-11-14(21-9-5-8-17-21)20-16(19-13)12-6-4-10-23-12/h4-6,8-11H,2-3,7H2,1H3,(H,18,19,20,22). The van der Waals surface area contributed by atoms with Crippen molar-refractivity contribution in [1.82, 2.24) is 19.7 Å². The molecule has 0 unspecified atom stereocenters. The van der Waals surface area contributed by atoms with Gasteiger partial charge in [0.15, 0.2) is 17.4 Å². The highest BCUT2D eigenvalue weighted by atomic mass is 16.3. The van der Waals surface area contributed by atoms with Crippen LogP contribution in [0.25, 0.3) is 17.4 Å². The van der Waals surface area contributed by atoms with Crippen LogP contribution >= 0.6 is 0 Å². The topological polar surface area (TPSA) is 85.8 Å². The molecule has 0 aliphatic carbocycles. The Balaban J connectivity index is 1.93. The summed E-state index contributed by atoms with van der Waals surface area (Å²) in [5.74, 6) is 1.85. The average molecular weight is 311 g/mol. The number of anilines is 1. The Bertz CT molecular complexity index is 713. The van der Waals surface area contributed by atoms with Gasteiger partial charge >= 0.3 is 0 Å². The van der Waals surface area contributed by atoms with E-state index in [2.05, 4.69) is 20.4 Å². The molecule has 0 radical (unpaired) electrons. The number of amides is 1. The summed E-state index contributed by atoms with van der Waals surface area (Å²) in [6.07, 6.45) is 7.26. The molecule has 1 amide bonds. The second-order valence-corrected chi connectivity index (χ2v) is 5.01. The van der Waals surface area contributed by atoms with Crippen LogP contribution < -0.4 is 5.32 Å². The third kappa shape index (κ3) is 3.63. The molecule has 7 nitrogen and oxygen atoms in total. The van der Waals surface area contributed by atoms with Crippen LogP contribution in [0.1, 0.15) is 26.2 Å². The molecule has 7 heteroatoms. The van der Waals surface area contributed by atoms with Crippen molar-refractivity contribution < 1.29 is 9.21 Å². The van der Waals surface area contributed by atoms with Crippen molar-refractivity contribution in [3.63, 3.8) is 0 Å². The molecule has 3 aromatic heterocycles. The molecule has 23 heavy (non-hydrogen) atoms. The molecule has 0 saturated carbocycles. The zero-order valence-corrected chi connectivity index (χ0v) is 12.8. The fourth-order valence-corrected chi connectivity index (χ4v) is 2.08. The highest BCUT2D eigenvalue weighted by Gasteiger charge is 2.12. The third-order valence-electron chi connectivity index (χ3n) is 3.22. The van der Waals surface area contributed by atoms with E-state index in [1.54, 1.807) is 47.6 Å². The van der Waals surface area contributed by atoms with Crippen LogP contribution in [0.2, 0.25) is 0 Å². The fourth-order valence-electron chi connectivity index (χ4n) is 2.08. The Morgan fingerprint density at radius 1 is 1.35 bits per heavy atom. The van der Waals surface area contributed by atoms with Gasteiger partial charge in [-0.2, -0.15) is 5.10 Å². The van der Waals surface area contributed by atoms with Crippen LogP contribution in [-0.4, -0.2) is 25.7 Å². The Labute approximate surface area is 133 Å². The molecular formula is C16H17N5O2. The maximum absolute atomic E-state index is 11.9. The van der Waals surface area contributed by atoms with E-state index in [1.165, 1.54) is 0 Å². The molecule has 0 aliphatic rings. The van der Waals surface area contributed by atoms with Gasteiger partial charge in [0.2, 0.25) is 5.91 Å². The van der Waals surface area contributed by atoms with Crippen molar-refractivity contribution in [3.8, 4) is 17.4 Å². The summed E-state index contributed by atoms with van der Waals surface area (Å²) in [6.45, 7) is 2.04. The van der Waals surface area contributed by atoms with E-state index in [1.807, 2.05) is 6.92 Å². The smallest absolute Gasteiger partial charge is 0.225 e. The van der Waals surface area contributed by atoms with Gasteiger partial charge in [0.25, 0.3) is 0 Å². The molecule has 3 aromatic rings. The van der Waals surface area contributed by atoms with Gasteiger partial charge in [-0.25, -0.2) is 14.6 Å². The quantitative estimate of drug-likeness (QED) is 0.756. The summed E-state index contributed by atoms with van der Waals surface area (Å²) in [6, 6.07) is 7.02. The first kappa shape index (κ1) is 15.0. The normalized spacial score (nSPS) is 10.7. The third-order valence-corrected chi connectivity index (χ3v) is 3.22. The second kappa shape index (κ2) is 6.87. The SMILES string of the molecule is CCCCC(=O)Nc1cc(-n2cccn2)nc(-c2ccco2)n1. The van der Waals surface area contributed by atoms with Gasteiger partial charge in [0.05, 0.1) is 6.26 Å². The molecule has 0 fully saturated rings. The number of furan rings is 1. The largest absolute Gasteiger partial charge is 0.461 e. The molecular weight excluding hydrogens is 294 g/mol.